The maximum absolute atomic E-state index is 10.6. The van der Waals surface area contributed by atoms with Gasteiger partial charge in [-0.2, -0.15) is 0 Å². The third-order valence-electron chi connectivity index (χ3n) is 0.746. The third-order valence-corrected chi connectivity index (χ3v) is 1.62. The summed E-state index contributed by atoms with van der Waals surface area (Å²) in [6.07, 6.45) is 1.24. The first-order valence-corrected chi connectivity index (χ1v) is 6.65. The molecule has 0 radical (unpaired) electrons. The van der Waals surface area contributed by atoms with Crippen molar-refractivity contribution in [2.75, 3.05) is 0 Å². The molecule has 0 spiro atoms. The monoisotopic (exact) mass is 152 g/mol. The lowest BCUT2D eigenvalue weighted by Crippen LogP contribution is -2.16. The van der Waals surface area contributed by atoms with Crippen molar-refractivity contribution in [3.05, 3.63) is 12.7 Å². The Balaban J connectivity index is 4.18. The number of ketones is 1. The molecular formula is C8H12OSi. The Bertz CT molecular complexity index is 200. The van der Waals surface area contributed by atoms with Crippen LogP contribution in [0.5, 0.6) is 0 Å². The topological polar surface area (TPSA) is 17.1 Å². The first-order chi connectivity index (χ1) is 4.45. The van der Waals surface area contributed by atoms with Gasteiger partial charge in [-0.25, -0.2) is 0 Å². The molecule has 1 nitrogen and oxygen atoms in total. The molecule has 10 heavy (non-hydrogen) atoms. The molecule has 54 valence electrons. The van der Waals surface area contributed by atoms with Gasteiger partial charge in [0.05, 0.1) is 0 Å². The summed E-state index contributed by atoms with van der Waals surface area (Å²) >= 11 is 0. The van der Waals surface area contributed by atoms with Crippen molar-refractivity contribution in [3.63, 3.8) is 0 Å². The summed E-state index contributed by atoms with van der Waals surface area (Å²) in [5.41, 5.74) is 2.94. The highest BCUT2D eigenvalue weighted by Gasteiger charge is 2.07. The van der Waals surface area contributed by atoms with E-state index in [1.807, 2.05) is 0 Å². The lowest BCUT2D eigenvalue weighted by atomic mass is 10.4. The van der Waals surface area contributed by atoms with Crippen molar-refractivity contribution >= 4 is 13.9 Å². The zero-order chi connectivity index (χ0) is 8.20. The molecule has 0 bridgehead atoms. The number of carbonyl (C=O) groups is 1. The van der Waals surface area contributed by atoms with Crippen LogP contribution in [-0.2, 0) is 4.79 Å². The Kier molecular flexibility index (Phi) is 3.10. The summed E-state index contributed by atoms with van der Waals surface area (Å²) in [6, 6.07) is 0. The SMILES string of the molecule is C=CC(=O)C#C[Si](C)(C)C. The molecule has 0 atom stereocenters. The van der Waals surface area contributed by atoms with Crippen LogP contribution >= 0.6 is 0 Å². The summed E-state index contributed by atoms with van der Waals surface area (Å²) in [5, 5.41) is 0. The van der Waals surface area contributed by atoms with Gasteiger partial charge < -0.3 is 0 Å². The molecular weight excluding hydrogens is 140 g/mol. The molecule has 2 heteroatoms. The van der Waals surface area contributed by atoms with Crippen LogP contribution in [0.4, 0.5) is 0 Å². The van der Waals surface area contributed by atoms with Gasteiger partial charge in [-0.05, 0) is 12.0 Å². The molecule has 0 heterocycles. The Labute approximate surface area is 63.1 Å². The normalized spacial score (nSPS) is 9.50. The molecule has 0 aromatic carbocycles. The largest absolute Gasteiger partial charge is 0.280 e. The number of rotatable bonds is 1. The van der Waals surface area contributed by atoms with Crippen LogP contribution in [0.1, 0.15) is 0 Å². The van der Waals surface area contributed by atoms with Crippen molar-refractivity contribution in [1.82, 2.24) is 0 Å². The van der Waals surface area contributed by atoms with Crippen molar-refractivity contribution in [1.29, 1.82) is 0 Å². The second-order valence-corrected chi connectivity index (χ2v) is 7.82. The van der Waals surface area contributed by atoms with Gasteiger partial charge in [0, 0.05) is 0 Å². The van der Waals surface area contributed by atoms with E-state index in [1.165, 1.54) is 6.08 Å². The first kappa shape index (κ1) is 9.19. The first-order valence-electron chi connectivity index (χ1n) is 3.15. The Morgan fingerprint density at radius 1 is 1.50 bits per heavy atom. The van der Waals surface area contributed by atoms with Crippen LogP contribution in [0.2, 0.25) is 19.6 Å². The predicted octanol–water partition coefficient (Wildman–Crippen LogP) is 1.62. The zero-order valence-corrected chi connectivity index (χ0v) is 7.69. The maximum atomic E-state index is 10.6. The van der Waals surface area contributed by atoms with E-state index >= 15 is 0 Å². The van der Waals surface area contributed by atoms with Gasteiger partial charge in [0.25, 0.3) is 0 Å². The molecule has 0 saturated heterocycles. The molecule has 0 aliphatic rings. The van der Waals surface area contributed by atoms with Gasteiger partial charge >= 0.3 is 0 Å². The molecule has 0 rings (SSSR count). The van der Waals surface area contributed by atoms with Crippen LogP contribution in [0.25, 0.3) is 0 Å². The average molecular weight is 152 g/mol. The molecule has 0 aromatic rings. The summed E-state index contributed by atoms with van der Waals surface area (Å²) < 4.78 is 0. The standard InChI is InChI=1S/C8H12OSi/c1-5-8(9)6-7-10(2,3)4/h5H,1H2,2-4H3. The molecule has 0 N–H and O–H groups in total. The molecule has 0 amide bonds. The molecule has 0 aliphatic carbocycles. The van der Waals surface area contributed by atoms with Crippen molar-refractivity contribution in [2.45, 2.75) is 19.6 Å². The summed E-state index contributed by atoms with van der Waals surface area (Å²) in [6.45, 7) is 9.61. The zero-order valence-electron chi connectivity index (χ0n) is 6.69. The fourth-order valence-electron chi connectivity index (χ4n) is 0.300. The number of hydrogen-bond donors (Lipinski definition) is 0. The van der Waals surface area contributed by atoms with E-state index in [9.17, 15) is 4.79 Å². The van der Waals surface area contributed by atoms with E-state index in [1.54, 1.807) is 0 Å². The third kappa shape index (κ3) is 5.33. The molecule has 0 fully saturated rings. The van der Waals surface area contributed by atoms with Crippen LogP contribution < -0.4 is 0 Å². The van der Waals surface area contributed by atoms with Gasteiger partial charge in [-0.3, -0.25) is 4.79 Å². The fraction of sp³-hybridized carbons (Fsp3) is 0.375. The molecule has 0 aromatic heterocycles. The number of allylic oxidation sites excluding steroid dienone is 1. The van der Waals surface area contributed by atoms with E-state index in [0.29, 0.717) is 0 Å². The highest BCUT2D eigenvalue weighted by molar-refractivity contribution is 6.84. The Morgan fingerprint density at radius 3 is 2.30 bits per heavy atom. The maximum Gasteiger partial charge on any atom is 0.227 e. The van der Waals surface area contributed by atoms with E-state index < -0.39 is 8.07 Å². The van der Waals surface area contributed by atoms with Crippen molar-refractivity contribution < 1.29 is 4.79 Å². The minimum absolute atomic E-state index is 0.178. The summed E-state index contributed by atoms with van der Waals surface area (Å²) in [5.74, 6) is 2.35. The lowest BCUT2D eigenvalue weighted by Gasteiger charge is -2.02. The molecule has 0 unspecified atom stereocenters. The van der Waals surface area contributed by atoms with Gasteiger partial charge in [-0.1, -0.05) is 26.2 Å². The quantitative estimate of drug-likeness (QED) is 0.317. The second kappa shape index (κ2) is 3.38. The van der Waals surface area contributed by atoms with Gasteiger partial charge in [-0.15, -0.1) is 5.54 Å². The second-order valence-electron chi connectivity index (χ2n) is 3.07. The van der Waals surface area contributed by atoms with Gasteiger partial charge in [0.1, 0.15) is 8.07 Å². The van der Waals surface area contributed by atoms with E-state index in [0.717, 1.165) is 0 Å². The Hall–Kier alpha value is -0.813. The Morgan fingerprint density at radius 2 is 2.00 bits per heavy atom. The van der Waals surface area contributed by atoms with E-state index in [2.05, 4.69) is 37.7 Å². The smallest absolute Gasteiger partial charge is 0.227 e. The number of carbonyl (C=O) groups excluding carboxylic acids is 1. The predicted molar refractivity (Wildman–Crippen MR) is 46.3 cm³/mol. The molecule has 0 saturated carbocycles. The summed E-state index contributed by atoms with van der Waals surface area (Å²) in [7, 11) is -1.37. The highest BCUT2D eigenvalue weighted by atomic mass is 28.3. The number of hydrogen-bond acceptors (Lipinski definition) is 1. The molecule has 0 aliphatic heterocycles. The minimum Gasteiger partial charge on any atom is -0.280 e. The lowest BCUT2D eigenvalue weighted by molar-refractivity contribution is -0.109. The van der Waals surface area contributed by atoms with E-state index in [4.69, 9.17) is 0 Å². The fourth-order valence-corrected chi connectivity index (χ4v) is 0.798. The highest BCUT2D eigenvalue weighted by Crippen LogP contribution is 1.95. The van der Waals surface area contributed by atoms with Gasteiger partial charge in [0.2, 0.25) is 5.78 Å². The van der Waals surface area contributed by atoms with Crippen LogP contribution in [-0.4, -0.2) is 13.9 Å². The van der Waals surface area contributed by atoms with Gasteiger partial charge in [0.15, 0.2) is 0 Å². The van der Waals surface area contributed by atoms with Crippen molar-refractivity contribution in [2.24, 2.45) is 0 Å². The minimum atomic E-state index is -1.37. The summed E-state index contributed by atoms with van der Waals surface area (Å²) in [4.78, 5) is 10.6. The van der Waals surface area contributed by atoms with Crippen molar-refractivity contribution in [3.8, 4) is 11.5 Å². The van der Waals surface area contributed by atoms with E-state index in [-0.39, 0.29) is 5.78 Å². The van der Waals surface area contributed by atoms with Crippen LogP contribution in [0, 0.1) is 11.5 Å². The average Bonchev–Trinajstić information content (AvgIpc) is 1.81. The van der Waals surface area contributed by atoms with Crippen LogP contribution in [0.3, 0.4) is 0 Å². The van der Waals surface area contributed by atoms with Crippen LogP contribution in [0.15, 0.2) is 12.7 Å².